The Morgan fingerprint density at radius 1 is 1.18 bits per heavy atom. The Bertz CT molecular complexity index is 1420. The number of amides is 2. The molecule has 11 nitrogen and oxygen atoms in total. The van der Waals surface area contributed by atoms with E-state index in [2.05, 4.69) is 37.1 Å². The summed E-state index contributed by atoms with van der Waals surface area (Å²) in [5.74, 6) is 1.37. The second-order valence-electron chi connectivity index (χ2n) is 8.62. The number of allylic oxidation sites excluding steroid dienone is 1. The Hall–Kier alpha value is -4.29. The van der Waals surface area contributed by atoms with Gasteiger partial charge in [-0.25, -0.2) is 9.59 Å². The zero-order valence-corrected chi connectivity index (χ0v) is 23.7. The number of furan rings is 1. The quantitative estimate of drug-likeness (QED) is 0.109. The standard InChI is InChI=1S/C28H29BrN4O7/c1-4-38-23-13-18(26-25(27(35)37-3)16(2)31-28(36)32-26)7-11-22(23)39-15-24(34)33-30-14-20-10-12-21(40-20)17-5-8-19(29)9-6-17/h5-14,24,26,33-34H,4,15H2,1-3H3,(H2,31,32,36)/b30-14+/t24-,26-/m0/s1. The van der Waals surface area contributed by atoms with E-state index in [4.69, 9.17) is 18.6 Å². The molecule has 0 unspecified atom stereocenters. The van der Waals surface area contributed by atoms with Gasteiger partial charge in [0.1, 0.15) is 18.1 Å². The van der Waals surface area contributed by atoms with Gasteiger partial charge in [0, 0.05) is 15.7 Å². The van der Waals surface area contributed by atoms with Gasteiger partial charge < -0.3 is 34.4 Å². The molecule has 210 valence electrons. The van der Waals surface area contributed by atoms with E-state index in [1.807, 2.05) is 37.3 Å². The van der Waals surface area contributed by atoms with Crippen LogP contribution in [0.3, 0.4) is 0 Å². The molecule has 2 heterocycles. The van der Waals surface area contributed by atoms with Crippen molar-refractivity contribution in [1.29, 1.82) is 0 Å². The summed E-state index contributed by atoms with van der Waals surface area (Å²) in [5, 5.41) is 19.7. The summed E-state index contributed by atoms with van der Waals surface area (Å²) in [4.78, 5) is 24.5. The van der Waals surface area contributed by atoms with Crippen molar-refractivity contribution in [2.24, 2.45) is 5.10 Å². The first-order valence-corrected chi connectivity index (χ1v) is 13.2. The van der Waals surface area contributed by atoms with Crippen molar-refractivity contribution in [2.75, 3.05) is 20.3 Å². The Morgan fingerprint density at radius 3 is 2.67 bits per heavy atom. The predicted molar refractivity (Wildman–Crippen MR) is 151 cm³/mol. The van der Waals surface area contributed by atoms with Crippen LogP contribution in [0.4, 0.5) is 4.79 Å². The molecule has 1 aromatic heterocycles. The largest absolute Gasteiger partial charge is 0.490 e. The van der Waals surface area contributed by atoms with E-state index in [1.165, 1.54) is 13.3 Å². The topological polar surface area (TPSA) is 144 Å². The lowest BCUT2D eigenvalue weighted by Gasteiger charge is -2.28. The van der Waals surface area contributed by atoms with Gasteiger partial charge in [-0.3, -0.25) is 5.43 Å². The van der Waals surface area contributed by atoms with E-state index in [0.29, 0.717) is 40.9 Å². The predicted octanol–water partition coefficient (Wildman–Crippen LogP) is 4.23. The van der Waals surface area contributed by atoms with Crippen molar-refractivity contribution in [3.8, 4) is 22.8 Å². The van der Waals surface area contributed by atoms with Crippen LogP contribution in [-0.2, 0) is 9.53 Å². The molecule has 0 saturated carbocycles. The van der Waals surface area contributed by atoms with E-state index in [0.717, 1.165) is 10.0 Å². The third-order valence-corrected chi connectivity index (χ3v) is 6.37. The van der Waals surface area contributed by atoms with Crippen molar-refractivity contribution in [3.05, 3.63) is 81.7 Å². The molecule has 2 atom stereocenters. The highest BCUT2D eigenvalue weighted by Crippen LogP contribution is 2.35. The second kappa shape index (κ2) is 13.2. The molecule has 1 aliphatic heterocycles. The molecule has 0 saturated heterocycles. The average Bonchev–Trinajstić information content (AvgIpc) is 3.41. The highest BCUT2D eigenvalue weighted by molar-refractivity contribution is 9.10. The number of hydrazone groups is 1. The Labute approximate surface area is 239 Å². The number of hydrogen-bond donors (Lipinski definition) is 4. The summed E-state index contributed by atoms with van der Waals surface area (Å²) in [6.45, 7) is 3.64. The zero-order chi connectivity index (χ0) is 28.6. The number of aliphatic hydroxyl groups is 1. The number of halogens is 1. The van der Waals surface area contributed by atoms with E-state index in [-0.39, 0.29) is 12.2 Å². The summed E-state index contributed by atoms with van der Waals surface area (Å²) in [6, 6.07) is 15.2. The molecule has 0 radical (unpaired) electrons. The third kappa shape index (κ3) is 7.01. The van der Waals surface area contributed by atoms with Gasteiger partial charge in [-0.15, -0.1) is 0 Å². The normalized spacial score (nSPS) is 15.8. The highest BCUT2D eigenvalue weighted by atomic mass is 79.9. The maximum Gasteiger partial charge on any atom is 0.337 e. The van der Waals surface area contributed by atoms with Crippen LogP contribution in [0.25, 0.3) is 11.3 Å². The van der Waals surface area contributed by atoms with Gasteiger partial charge in [0.25, 0.3) is 0 Å². The molecule has 2 aromatic carbocycles. The first kappa shape index (κ1) is 28.7. The maximum absolute atomic E-state index is 12.4. The number of rotatable bonds is 11. The summed E-state index contributed by atoms with van der Waals surface area (Å²) >= 11 is 3.41. The number of methoxy groups -OCH3 is 1. The van der Waals surface area contributed by atoms with E-state index in [9.17, 15) is 14.7 Å². The molecule has 0 bridgehead atoms. The lowest BCUT2D eigenvalue weighted by Crippen LogP contribution is -2.45. The van der Waals surface area contributed by atoms with Gasteiger partial charge in [0.15, 0.2) is 17.7 Å². The summed E-state index contributed by atoms with van der Waals surface area (Å²) in [5.41, 5.74) is 4.78. The van der Waals surface area contributed by atoms with E-state index < -0.39 is 24.3 Å². The molecule has 0 spiro atoms. The number of ether oxygens (including phenoxy) is 3. The summed E-state index contributed by atoms with van der Waals surface area (Å²) < 4.78 is 23.1. The minimum absolute atomic E-state index is 0.143. The monoisotopic (exact) mass is 612 g/mol. The lowest BCUT2D eigenvalue weighted by molar-refractivity contribution is -0.136. The van der Waals surface area contributed by atoms with Crippen LogP contribution in [0, 0.1) is 0 Å². The number of hydrogen-bond acceptors (Lipinski definition) is 9. The SMILES string of the molecule is CCOc1cc([C@@H]2NC(=O)NC(C)=C2C(=O)OC)ccc1OC[C@H](O)N/N=C/c1ccc(-c2ccc(Br)cc2)o1. The van der Waals surface area contributed by atoms with Crippen LogP contribution in [0.5, 0.6) is 11.5 Å². The fourth-order valence-electron chi connectivity index (χ4n) is 4.00. The number of nitrogens with one attached hydrogen (secondary N) is 3. The highest BCUT2D eigenvalue weighted by Gasteiger charge is 2.32. The van der Waals surface area contributed by atoms with E-state index >= 15 is 0 Å². The minimum atomic E-state index is -1.13. The van der Waals surface area contributed by atoms with Crippen molar-refractivity contribution in [3.63, 3.8) is 0 Å². The van der Waals surface area contributed by atoms with Crippen LogP contribution >= 0.6 is 15.9 Å². The smallest absolute Gasteiger partial charge is 0.337 e. The second-order valence-corrected chi connectivity index (χ2v) is 9.54. The Kier molecular flexibility index (Phi) is 9.46. The van der Waals surface area contributed by atoms with Gasteiger partial charge in [-0.1, -0.05) is 34.1 Å². The van der Waals surface area contributed by atoms with Crippen molar-refractivity contribution in [2.45, 2.75) is 26.1 Å². The molecule has 4 N–H and O–H groups in total. The number of carbonyl (C=O) groups is 2. The van der Waals surface area contributed by atoms with E-state index in [1.54, 1.807) is 31.2 Å². The lowest BCUT2D eigenvalue weighted by atomic mass is 9.95. The molecular weight excluding hydrogens is 584 g/mol. The van der Waals surface area contributed by atoms with Crippen molar-refractivity contribution in [1.82, 2.24) is 16.1 Å². The molecule has 12 heteroatoms. The van der Waals surface area contributed by atoms with Crippen LogP contribution in [0.15, 0.2) is 79.9 Å². The number of carbonyl (C=O) groups excluding carboxylic acids is 2. The molecule has 4 rings (SSSR count). The molecule has 0 aliphatic carbocycles. The minimum Gasteiger partial charge on any atom is -0.490 e. The average molecular weight is 613 g/mol. The van der Waals surface area contributed by atoms with Gasteiger partial charge in [-0.2, -0.15) is 5.10 Å². The van der Waals surface area contributed by atoms with Gasteiger partial charge >= 0.3 is 12.0 Å². The number of esters is 1. The zero-order valence-electron chi connectivity index (χ0n) is 22.1. The van der Waals surface area contributed by atoms with Crippen molar-refractivity contribution < 1.29 is 33.3 Å². The number of aliphatic hydroxyl groups excluding tert-OH is 1. The van der Waals surface area contributed by atoms with Crippen LogP contribution in [0.1, 0.15) is 31.2 Å². The fraction of sp³-hybridized carbons (Fsp3) is 0.250. The first-order chi connectivity index (χ1) is 19.3. The fourth-order valence-corrected chi connectivity index (χ4v) is 4.26. The first-order valence-electron chi connectivity index (χ1n) is 12.4. The molecule has 2 amide bonds. The number of urea groups is 1. The molecular formula is C28H29BrN4O7. The summed E-state index contributed by atoms with van der Waals surface area (Å²) in [7, 11) is 1.28. The van der Waals surface area contributed by atoms with Gasteiger partial charge in [0.2, 0.25) is 0 Å². The van der Waals surface area contributed by atoms with Crippen LogP contribution in [0.2, 0.25) is 0 Å². The van der Waals surface area contributed by atoms with Gasteiger partial charge in [-0.05, 0) is 55.8 Å². The third-order valence-electron chi connectivity index (χ3n) is 5.84. The molecule has 1 aliphatic rings. The van der Waals surface area contributed by atoms with Gasteiger partial charge in [0.05, 0.1) is 31.5 Å². The number of benzene rings is 2. The molecule has 40 heavy (non-hydrogen) atoms. The summed E-state index contributed by atoms with van der Waals surface area (Å²) in [6.07, 6.45) is 0.319. The van der Waals surface area contributed by atoms with Crippen LogP contribution in [-0.4, -0.2) is 49.9 Å². The molecule has 3 aromatic rings. The Balaban J connectivity index is 1.39. The van der Waals surface area contributed by atoms with Crippen molar-refractivity contribution >= 4 is 34.1 Å². The number of nitrogens with zero attached hydrogens (tertiary/aromatic N) is 1. The van der Waals surface area contributed by atoms with Crippen LogP contribution < -0.4 is 25.5 Å². The maximum atomic E-state index is 12.4. The Morgan fingerprint density at radius 2 is 1.95 bits per heavy atom. The molecule has 0 fully saturated rings.